The molecule has 114 valence electrons. The summed E-state index contributed by atoms with van der Waals surface area (Å²) >= 11 is 3.02. The van der Waals surface area contributed by atoms with Gasteiger partial charge in [-0.1, -0.05) is 18.2 Å². The van der Waals surface area contributed by atoms with E-state index in [-0.39, 0.29) is 0 Å². The normalized spacial score (nSPS) is 11.4. The van der Waals surface area contributed by atoms with Gasteiger partial charge in [-0.15, -0.1) is 22.7 Å². The fraction of sp³-hybridized carbons (Fsp3) is 0.250. The minimum atomic E-state index is -0.849. The van der Waals surface area contributed by atoms with Gasteiger partial charge in [0.25, 0.3) is 0 Å². The minimum Gasteiger partial charge on any atom is -0.477 e. The van der Waals surface area contributed by atoms with Gasteiger partial charge in [-0.3, -0.25) is 4.90 Å². The van der Waals surface area contributed by atoms with Gasteiger partial charge in [0, 0.05) is 28.9 Å². The first-order valence-electron chi connectivity index (χ1n) is 6.88. The number of aromatic carboxylic acids is 1. The molecule has 0 aliphatic heterocycles. The number of benzene rings is 1. The highest BCUT2D eigenvalue weighted by Crippen LogP contribution is 2.32. The lowest BCUT2D eigenvalue weighted by molar-refractivity contribution is 0.0700. The Balaban J connectivity index is 1.88. The van der Waals surface area contributed by atoms with Gasteiger partial charge in [-0.2, -0.15) is 0 Å². The van der Waals surface area contributed by atoms with E-state index in [0.717, 1.165) is 27.2 Å². The van der Waals surface area contributed by atoms with Crippen LogP contribution < -0.4 is 0 Å². The molecule has 0 aliphatic rings. The van der Waals surface area contributed by atoms with Crippen molar-refractivity contribution in [2.24, 2.45) is 0 Å². The van der Waals surface area contributed by atoms with E-state index in [4.69, 9.17) is 0 Å². The van der Waals surface area contributed by atoms with Crippen LogP contribution in [-0.4, -0.2) is 28.0 Å². The number of rotatable bonds is 5. The van der Waals surface area contributed by atoms with E-state index < -0.39 is 5.97 Å². The zero-order valence-electron chi connectivity index (χ0n) is 12.4. The minimum absolute atomic E-state index is 0.438. The molecular weight excluding hydrogens is 316 g/mol. The van der Waals surface area contributed by atoms with Crippen LogP contribution in [0.2, 0.25) is 0 Å². The molecule has 4 nitrogen and oxygen atoms in total. The Hall–Kier alpha value is -1.76. The summed E-state index contributed by atoms with van der Waals surface area (Å²) in [7, 11) is 2.01. The molecule has 3 aromatic rings. The highest BCUT2D eigenvalue weighted by Gasteiger charge is 2.18. The lowest BCUT2D eigenvalue weighted by Gasteiger charge is -2.15. The molecule has 2 heterocycles. The number of carboxylic acid groups (broad SMARTS) is 1. The largest absolute Gasteiger partial charge is 0.477 e. The van der Waals surface area contributed by atoms with Crippen LogP contribution in [0.25, 0.3) is 10.1 Å². The fourth-order valence-corrected chi connectivity index (χ4v) is 4.43. The number of aromatic nitrogens is 1. The third-order valence-corrected chi connectivity index (χ3v) is 5.51. The molecule has 3 rings (SSSR count). The second-order valence-corrected chi connectivity index (χ2v) is 7.60. The van der Waals surface area contributed by atoms with E-state index in [0.29, 0.717) is 11.4 Å². The molecule has 0 amide bonds. The molecule has 0 aliphatic carbocycles. The van der Waals surface area contributed by atoms with Crippen molar-refractivity contribution in [2.75, 3.05) is 7.05 Å². The number of aryl methyl sites for hydroxylation is 1. The van der Waals surface area contributed by atoms with Gasteiger partial charge in [-0.05, 0) is 31.0 Å². The fourth-order valence-electron chi connectivity index (χ4n) is 2.50. The summed E-state index contributed by atoms with van der Waals surface area (Å²) in [6.07, 6.45) is 1.89. The third-order valence-electron chi connectivity index (χ3n) is 3.42. The van der Waals surface area contributed by atoms with Crippen molar-refractivity contribution >= 4 is 38.7 Å². The number of hydrogen-bond donors (Lipinski definition) is 1. The van der Waals surface area contributed by atoms with E-state index in [1.807, 2.05) is 44.4 Å². The van der Waals surface area contributed by atoms with Crippen LogP contribution in [0, 0.1) is 6.92 Å². The van der Waals surface area contributed by atoms with Crippen molar-refractivity contribution in [2.45, 2.75) is 20.0 Å². The second-order valence-electron chi connectivity index (χ2n) is 5.23. The van der Waals surface area contributed by atoms with Crippen molar-refractivity contribution in [3.05, 3.63) is 50.8 Å². The monoisotopic (exact) mass is 332 g/mol. The molecule has 0 spiro atoms. The molecule has 0 unspecified atom stereocenters. The number of nitrogens with zero attached hydrogens (tertiary/aromatic N) is 2. The van der Waals surface area contributed by atoms with Crippen LogP contribution >= 0.6 is 22.7 Å². The van der Waals surface area contributed by atoms with E-state index in [1.54, 1.807) is 11.3 Å². The molecule has 1 aromatic carbocycles. The van der Waals surface area contributed by atoms with Crippen LogP contribution in [0.1, 0.15) is 25.1 Å². The van der Waals surface area contributed by atoms with Crippen molar-refractivity contribution in [3.63, 3.8) is 0 Å². The molecule has 22 heavy (non-hydrogen) atoms. The molecular formula is C16H16N2O2S2. The summed E-state index contributed by atoms with van der Waals surface area (Å²) in [5, 5.41) is 11.5. The number of thiazole rings is 1. The Labute approximate surface area is 136 Å². The van der Waals surface area contributed by atoms with Gasteiger partial charge in [-0.25, -0.2) is 9.78 Å². The van der Waals surface area contributed by atoms with Gasteiger partial charge in [0.05, 0.1) is 5.01 Å². The number of thiophene rings is 1. The first-order chi connectivity index (χ1) is 10.5. The molecule has 0 atom stereocenters. The summed E-state index contributed by atoms with van der Waals surface area (Å²) in [6, 6.07) is 7.87. The van der Waals surface area contributed by atoms with E-state index in [1.165, 1.54) is 16.2 Å². The first-order valence-corrected chi connectivity index (χ1v) is 8.51. The van der Waals surface area contributed by atoms with E-state index >= 15 is 0 Å². The zero-order chi connectivity index (χ0) is 15.7. The van der Waals surface area contributed by atoms with Gasteiger partial charge in [0.2, 0.25) is 0 Å². The van der Waals surface area contributed by atoms with Gasteiger partial charge in [0.15, 0.2) is 0 Å². The molecule has 1 N–H and O–H groups in total. The van der Waals surface area contributed by atoms with E-state index in [2.05, 4.69) is 9.88 Å². The zero-order valence-corrected chi connectivity index (χ0v) is 14.0. The van der Waals surface area contributed by atoms with Gasteiger partial charge in [0.1, 0.15) is 4.88 Å². The number of fused-ring (bicyclic) bond motifs is 1. The highest BCUT2D eigenvalue weighted by atomic mass is 32.1. The Bertz CT molecular complexity index is 823. The maximum absolute atomic E-state index is 11.5. The lowest BCUT2D eigenvalue weighted by Crippen LogP contribution is -2.17. The average Bonchev–Trinajstić information content (AvgIpc) is 3.03. The highest BCUT2D eigenvalue weighted by molar-refractivity contribution is 7.21. The molecule has 0 saturated carbocycles. The Morgan fingerprint density at radius 1 is 1.27 bits per heavy atom. The SMILES string of the molecule is Cc1ncc(CN(C)Cc2c(C(=O)O)sc3ccccc23)s1. The quantitative estimate of drug-likeness (QED) is 0.767. The molecule has 0 fully saturated rings. The number of carbonyl (C=O) groups is 1. The van der Waals surface area contributed by atoms with E-state index in [9.17, 15) is 9.90 Å². The van der Waals surface area contributed by atoms with Gasteiger partial charge >= 0.3 is 5.97 Å². The predicted molar refractivity (Wildman–Crippen MR) is 90.8 cm³/mol. The van der Waals surface area contributed by atoms with Crippen LogP contribution in [0.3, 0.4) is 0 Å². The number of carboxylic acids is 1. The van der Waals surface area contributed by atoms with Crippen LogP contribution in [-0.2, 0) is 13.1 Å². The van der Waals surface area contributed by atoms with Crippen molar-refractivity contribution in [3.8, 4) is 0 Å². The maximum Gasteiger partial charge on any atom is 0.346 e. The maximum atomic E-state index is 11.5. The van der Waals surface area contributed by atoms with Crippen LogP contribution in [0.4, 0.5) is 0 Å². The summed E-state index contributed by atoms with van der Waals surface area (Å²) < 4.78 is 1.02. The molecule has 6 heteroatoms. The summed E-state index contributed by atoms with van der Waals surface area (Å²) in [4.78, 5) is 19.5. The predicted octanol–water partition coefficient (Wildman–Crippen LogP) is 4.00. The molecule has 2 aromatic heterocycles. The first kappa shape index (κ1) is 15.1. The van der Waals surface area contributed by atoms with Crippen molar-refractivity contribution < 1.29 is 9.90 Å². The summed E-state index contributed by atoms with van der Waals surface area (Å²) in [5.74, 6) is -0.849. The Morgan fingerprint density at radius 2 is 2.05 bits per heavy atom. The Kier molecular flexibility index (Phi) is 4.24. The third kappa shape index (κ3) is 3.04. The average molecular weight is 332 g/mol. The topological polar surface area (TPSA) is 53.4 Å². The number of hydrogen-bond acceptors (Lipinski definition) is 5. The lowest BCUT2D eigenvalue weighted by atomic mass is 10.1. The van der Waals surface area contributed by atoms with Crippen molar-refractivity contribution in [1.29, 1.82) is 0 Å². The molecule has 0 radical (unpaired) electrons. The smallest absolute Gasteiger partial charge is 0.346 e. The standard InChI is InChI=1S/C16H16N2O2S2/c1-10-17-7-11(21-10)8-18(2)9-13-12-5-3-4-6-14(12)22-15(13)16(19)20/h3-7H,8-9H2,1-2H3,(H,19,20). The molecule has 0 bridgehead atoms. The second kappa shape index (κ2) is 6.16. The summed E-state index contributed by atoms with van der Waals surface area (Å²) in [5.41, 5.74) is 0.900. The van der Waals surface area contributed by atoms with Crippen LogP contribution in [0.5, 0.6) is 0 Å². The van der Waals surface area contributed by atoms with Crippen LogP contribution in [0.15, 0.2) is 30.5 Å². The Morgan fingerprint density at radius 3 is 2.73 bits per heavy atom. The summed E-state index contributed by atoms with van der Waals surface area (Å²) in [6.45, 7) is 3.38. The molecule has 0 saturated heterocycles. The van der Waals surface area contributed by atoms with Crippen molar-refractivity contribution in [1.82, 2.24) is 9.88 Å². The van der Waals surface area contributed by atoms with Gasteiger partial charge < -0.3 is 5.11 Å².